The Morgan fingerprint density at radius 2 is 1.71 bits per heavy atom. The molecule has 0 atom stereocenters. The van der Waals surface area contributed by atoms with Crippen LogP contribution in [0.1, 0.15) is 18.1 Å². The standard InChI is InChI=1S/C18H17NO2/c1-14(15-8-4-3-5-9-15)19-17-11-7-6-10-16(17)12-13-18(20)21-2/h3-13H,1-2H3/b13-12+,19-14?. The Hall–Kier alpha value is -2.68. The Morgan fingerprint density at radius 1 is 1.05 bits per heavy atom. The van der Waals surface area contributed by atoms with Gasteiger partial charge in [0.05, 0.1) is 12.8 Å². The average Bonchev–Trinajstić information content (AvgIpc) is 2.54. The van der Waals surface area contributed by atoms with E-state index in [9.17, 15) is 4.79 Å². The van der Waals surface area contributed by atoms with Gasteiger partial charge in [-0.05, 0) is 24.6 Å². The molecule has 106 valence electrons. The lowest BCUT2D eigenvalue weighted by Crippen LogP contribution is -1.94. The van der Waals surface area contributed by atoms with Gasteiger partial charge in [-0.2, -0.15) is 0 Å². The van der Waals surface area contributed by atoms with Crippen molar-refractivity contribution in [3.8, 4) is 0 Å². The monoisotopic (exact) mass is 279 g/mol. The first kappa shape index (κ1) is 14.7. The number of aliphatic imine (C=N–C) groups is 1. The summed E-state index contributed by atoms with van der Waals surface area (Å²) < 4.78 is 4.60. The average molecular weight is 279 g/mol. The molecular weight excluding hydrogens is 262 g/mol. The summed E-state index contributed by atoms with van der Waals surface area (Å²) in [6.45, 7) is 1.97. The van der Waals surface area contributed by atoms with Gasteiger partial charge < -0.3 is 4.74 Å². The fourth-order valence-electron chi connectivity index (χ4n) is 1.88. The third-order valence-electron chi connectivity index (χ3n) is 3.02. The zero-order valence-electron chi connectivity index (χ0n) is 12.1. The number of hydrogen-bond donors (Lipinski definition) is 0. The van der Waals surface area contributed by atoms with Crippen LogP contribution in [0.4, 0.5) is 5.69 Å². The second-order valence-electron chi connectivity index (χ2n) is 4.48. The lowest BCUT2D eigenvalue weighted by molar-refractivity contribution is -0.134. The summed E-state index contributed by atoms with van der Waals surface area (Å²) in [6.07, 6.45) is 3.11. The van der Waals surface area contributed by atoms with E-state index in [1.165, 1.54) is 13.2 Å². The van der Waals surface area contributed by atoms with Crippen molar-refractivity contribution in [3.63, 3.8) is 0 Å². The first-order valence-corrected chi connectivity index (χ1v) is 6.66. The molecule has 0 saturated carbocycles. The van der Waals surface area contributed by atoms with Gasteiger partial charge in [-0.3, -0.25) is 4.99 Å². The van der Waals surface area contributed by atoms with Gasteiger partial charge >= 0.3 is 5.97 Å². The summed E-state index contributed by atoms with van der Waals surface area (Å²) >= 11 is 0. The molecule has 21 heavy (non-hydrogen) atoms. The molecule has 0 aromatic heterocycles. The first-order valence-electron chi connectivity index (χ1n) is 6.66. The molecule has 3 heteroatoms. The summed E-state index contributed by atoms with van der Waals surface area (Å²) in [5.74, 6) is -0.381. The predicted octanol–water partition coefficient (Wildman–Crippen LogP) is 4.01. The molecular formula is C18H17NO2. The number of carbonyl (C=O) groups excluding carboxylic acids is 1. The molecule has 0 heterocycles. The van der Waals surface area contributed by atoms with Crippen molar-refractivity contribution in [2.24, 2.45) is 4.99 Å². The molecule has 2 aromatic rings. The molecule has 0 fully saturated rings. The second-order valence-corrected chi connectivity index (χ2v) is 4.48. The van der Waals surface area contributed by atoms with E-state index in [0.717, 1.165) is 22.5 Å². The van der Waals surface area contributed by atoms with E-state index < -0.39 is 0 Å². The highest BCUT2D eigenvalue weighted by Crippen LogP contribution is 2.21. The lowest BCUT2D eigenvalue weighted by Gasteiger charge is -2.04. The first-order chi connectivity index (χ1) is 10.2. The summed E-state index contributed by atoms with van der Waals surface area (Å²) in [5, 5.41) is 0. The summed E-state index contributed by atoms with van der Waals surface area (Å²) in [6, 6.07) is 17.6. The second kappa shape index (κ2) is 7.20. The molecule has 0 aliphatic heterocycles. The summed E-state index contributed by atoms with van der Waals surface area (Å²) in [5.41, 5.74) is 3.69. The minimum absolute atomic E-state index is 0.381. The van der Waals surface area contributed by atoms with E-state index in [-0.39, 0.29) is 5.97 Å². The van der Waals surface area contributed by atoms with Gasteiger partial charge in [0.15, 0.2) is 0 Å². The molecule has 0 radical (unpaired) electrons. The molecule has 0 unspecified atom stereocenters. The molecule has 0 amide bonds. The SMILES string of the molecule is COC(=O)/C=C/c1ccccc1N=C(C)c1ccccc1. The van der Waals surface area contributed by atoms with Crippen molar-refractivity contribution in [3.05, 3.63) is 71.8 Å². The molecule has 3 nitrogen and oxygen atoms in total. The quantitative estimate of drug-likeness (QED) is 0.482. The molecule has 0 bridgehead atoms. The molecule has 2 aromatic carbocycles. The number of para-hydroxylation sites is 1. The minimum Gasteiger partial charge on any atom is -0.466 e. The van der Waals surface area contributed by atoms with Gasteiger partial charge in [-0.15, -0.1) is 0 Å². The molecule has 0 N–H and O–H groups in total. The third-order valence-corrected chi connectivity index (χ3v) is 3.02. The van der Waals surface area contributed by atoms with Gasteiger partial charge in [0, 0.05) is 17.4 Å². The topological polar surface area (TPSA) is 38.7 Å². The van der Waals surface area contributed by atoms with E-state index in [0.29, 0.717) is 0 Å². The maximum Gasteiger partial charge on any atom is 0.330 e. The van der Waals surface area contributed by atoms with Crippen LogP contribution >= 0.6 is 0 Å². The zero-order valence-corrected chi connectivity index (χ0v) is 12.1. The molecule has 0 spiro atoms. The Morgan fingerprint density at radius 3 is 2.43 bits per heavy atom. The summed E-state index contributed by atoms with van der Waals surface area (Å²) in [4.78, 5) is 15.8. The van der Waals surface area contributed by atoms with Crippen molar-refractivity contribution in [2.45, 2.75) is 6.92 Å². The van der Waals surface area contributed by atoms with Crippen LogP contribution < -0.4 is 0 Å². The fourth-order valence-corrected chi connectivity index (χ4v) is 1.88. The van der Waals surface area contributed by atoms with Crippen LogP contribution in [0.2, 0.25) is 0 Å². The van der Waals surface area contributed by atoms with E-state index >= 15 is 0 Å². The number of carbonyl (C=O) groups is 1. The Labute approximate surface area is 124 Å². The van der Waals surface area contributed by atoms with Gasteiger partial charge in [0.25, 0.3) is 0 Å². The Kier molecular flexibility index (Phi) is 5.04. The van der Waals surface area contributed by atoms with Crippen LogP contribution in [-0.4, -0.2) is 18.8 Å². The van der Waals surface area contributed by atoms with Gasteiger partial charge in [0.2, 0.25) is 0 Å². The van der Waals surface area contributed by atoms with Gasteiger partial charge in [0.1, 0.15) is 0 Å². The highest BCUT2D eigenvalue weighted by Gasteiger charge is 2.01. The number of nitrogens with zero attached hydrogens (tertiary/aromatic N) is 1. The Balaban J connectivity index is 2.32. The third kappa shape index (κ3) is 4.14. The lowest BCUT2D eigenvalue weighted by atomic mass is 10.1. The molecule has 0 aliphatic rings. The number of rotatable bonds is 4. The van der Waals surface area contributed by atoms with Crippen LogP contribution in [0, 0.1) is 0 Å². The zero-order chi connectivity index (χ0) is 15.1. The van der Waals surface area contributed by atoms with Gasteiger partial charge in [-0.25, -0.2) is 4.79 Å². The highest BCUT2D eigenvalue weighted by atomic mass is 16.5. The van der Waals surface area contributed by atoms with Crippen LogP contribution in [0.25, 0.3) is 6.08 Å². The normalized spacial score (nSPS) is 11.6. The van der Waals surface area contributed by atoms with Crippen molar-refractivity contribution in [1.29, 1.82) is 0 Å². The Bertz CT molecular complexity index is 673. The van der Waals surface area contributed by atoms with Crippen LogP contribution in [0.3, 0.4) is 0 Å². The van der Waals surface area contributed by atoms with E-state index in [4.69, 9.17) is 0 Å². The number of esters is 1. The molecule has 0 aliphatic carbocycles. The predicted molar refractivity (Wildman–Crippen MR) is 85.8 cm³/mol. The van der Waals surface area contributed by atoms with E-state index in [1.807, 2.05) is 61.5 Å². The summed E-state index contributed by atoms with van der Waals surface area (Å²) in [7, 11) is 1.36. The minimum atomic E-state index is -0.381. The van der Waals surface area contributed by atoms with Gasteiger partial charge in [-0.1, -0.05) is 48.5 Å². The van der Waals surface area contributed by atoms with Crippen molar-refractivity contribution >= 4 is 23.4 Å². The van der Waals surface area contributed by atoms with Crippen LogP contribution in [0.5, 0.6) is 0 Å². The van der Waals surface area contributed by atoms with Crippen LogP contribution in [-0.2, 0) is 9.53 Å². The largest absolute Gasteiger partial charge is 0.466 e. The van der Waals surface area contributed by atoms with Crippen molar-refractivity contribution in [2.75, 3.05) is 7.11 Å². The van der Waals surface area contributed by atoms with Crippen LogP contribution in [0.15, 0.2) is 65.7 Å². The van der Waals surface area contributed by atoms with E-state index in [1.54, 1.807) is 6.08 Å². The van der Waals surface area contributed by atoms with E-state index in [2.05, 4.69) is 9.73 Å². The number of benzene rings is 2. The van der Waals surface area contributed by atoms with Crippen molar-refractivity contribution in [1.82, 2.24) is 0 Å². The maximum absolute atomic E-state index is 11.2. The molecule has 2 rings (SSSR count). The number of hydrogen-bond acceptors (Lipinski definition) is 3. The maximum atomic E-state index is 11.2. The number of ether oxygens (including phenoxy) is 1. The van der Waals surface area contributed by atoms with Crippen molar-refractivity contribution < 1.29 is 9.53 Å². The number of methoxy groups -OCH3 is 1. The molecule has 0 saturated heterocycles. The fraction of sp³-hybridized carbons (Fsp3) is 0.111. The smallest absolute Gasteiger partial charge is 0.330 e. The highest BCUT2D eigenvalue weighted by molar-refractivity contribution is 6.00.